The van der Waals surface area contributed by atoms with Gasteiger partial charge in [-0.05, 0) is 38.9 Å². The van der Waals surface area contributed by atoms with E-state index >= 15 is 0 Å². The van der Waals surface area contributed by atoms with Crippen LogP contribution in [0.1, 0.15) is 0 Å². The molecular weight excluding hydrogens is 270 g/mol. The highest BCUT2D eigenvalue weighted by Gasteiger charge is 2.17. The molecule has 2 rings (SSSR count). The third-order valence-corrected chi connectivity index (χ3v) is 3.56. The van der Waals surface area contributed by atoms with Crippen LogP contribution >= 0.6 is 27.3 Å². The normalized spacial score (nSPS) is 10.9. The number of hydrogen-bond acceptors (Lipinski definition) is 3. The summed E-state index contributed by atoms with van der Waals surface area (Å²) >= 11 is 4.46. The van der Waals surface area contributed by atoms with E-state index in [0.29, 0.717) is 15.5 Å². The number of fused-ring (bicyclic) bond motifs is 1. The second-order valence-corrected chi connectivity index (χ2v) is 5.24. The van der Waals surface area contributed by atoms with E-state index in [4.69, 9.17) is 10.0 Å². The van der Waals surface area contributed by atoms with Gasteiger partial charge in [0.1, 0.15) is 5.82 Å². The van der Waals surface area contributed by atoms with Gasteiger partial charge in [0.05, 0.1) is 8.49 Å². The summed E-state index contributed by atoms with van der Waals surface area (Å²) in [6.07, 6.45) is 0. The lowest BCUT2D eigenvalue weighted by Crippen LogP contribution is -2.30. The zero-order valence-electron chi connectivity index (χ0n) is 6.87. The number of hydrogen-bond donors (Lipinski definition) is 2. The lowest BCUT2D eigenvalue weighted by atomic mass is 9.78. The molecule has 0 atom stereocenters. The van der Waals surface area contributed by atoms with Gasteiger partial charge >= 0.3 is 7.12 Å². The zero-order valence-corrected chi connectivity index (χ0v) is 9.27. The van der Waals surface area contributed by atoms with Gasteiger partial charge in [-0.25, -0.2) is 4.39 Å². The average molecular weight is 275 g/mol. The number of rotatable bonds is 1. The lowest BCUT2D eigenvalue weighted by molar-refractivity contribution is 0.426. The van der Waals surface area contributed by atoms with Crippen molar-refractivity contribution in [3.63, 3.8) is 0 Å². The van der Waals surface area contributed by atoms with Crippen molar-refractivity contribution in [2.24, 2.45) is 0 Å². The van der Waals surface area contributed by atoms with E-state index < -0.39 is 7.12 Å². The van der Waals surface area contributed by atoms with Gasteiger partial charge in [0, 0.05) is 0 Å². The quantitative estimate of drug-likeness (QED) is 0.774. The molecule has 0 bridgehead atoms. The van der Waals surface area contributed by atoms with Crippen molar-refractivity contribution in [3.8, 4) is 0 Å². The van der Waals surface area contributed by atoms with Crippen LogP contribution in [0.5, 0.6) is 0 Å². The molecule has 0 saturated heterocycles. The van der Waals surface area contributed by atoms with Crippen molar-refractivity contribution in [1.82, 2.24) is 0 Å². The van der Waals surface area contributed by atoms with Gasteiger partial charge in [-0.2, -0.15) is 0 Å². The first-order chi connectivity index (χ1) is 6.59. The minimum atomic E-state index is -1.57. The molecule has 0 aliphatic heterocycles. The first-order valence-corrected chi connectivity index (χ1v) is 5.44. The summed E-state index contributed by atoms with van der Waals surface area (Å²) < 4.78 is 14.5. The fraction of sp³-hybridized carbons (Fsp3) is 0. The second-order valence-electron chi connectivity index (χ2n) is 2.80. The molecule has 72 valence electrons. The van der Waals surface area contributed by atoms with E-state index in [1.54, 1.807) is 6.07 Å². The Morgan fingerprint density at radius 1 is 1.36 bits per heavy atom. The first kappa shape index (κ1) is 10.1. The molecule has 0 radical (unpaired) electrons. The fourth-order valence-corrected chi connectivity index (χ4v) is 2.84. The van der Waals surface area contributed by atoms with Gasteiger partial charge in [-0.15, -0.1) is 11.3 Å². The Labute approximate surface area is 92.3 Å². The molecule has 0 fully saturated rings. The molecular formula is C8H5BBrFO2S. The maximum absolute atomic E-state index is 13.3. The maximum Gasteiger partial charge on any atom is 0.489 e. The van der Waals surface area contributed by atoms with E-state index in [1.807, 2.05) is 0 Å². The van der Waals surface area contributed by atoms with Gasteiger partial charge < -0.3 is 10.0 Å². The Kier molecular flexibility index (Phi) is 2.61. The van der Waals surface area contributed by atoms with Crippen molar-refractivity contribution in [2.45, 2.75) is 0 Å². The summed E-state index contributed by atoms with van der Waals surface area (Å²) in [5.41, 5.74) is 0.323. The predicted octanol–water partition coefficient (Wildman–Crippen LogP) is 1.48. The summed E-state index contributed by atoms with van der Waals surface area (Å²) in [6, 6.07) is 4.29. The van der Waals surface area contributed by atoms with Crippen molar-refractivity contribution < 1.29 is 14.4 Å². The van der Waals surface area contributed by atoms with E-state index in [9.17, 15) is 4.39 Å². The van der Waals surface area contributed by atoms with Crippen LogP contribution in [0, 0.1) is 5.82 Å². The van der Waals surface area contributed by atoms with E-state index in [1.165, 1.54) is 23.5 Å². The van der Waals surface area contributed by atoms with Gasteiger partial charge in [-0.1, -0.05) is 6.07 Å². The molecule has 1 aromatic heterocycles. The minimum Gasteiger partial charge on any atom is -0.423 e. The minimum absolute atomic E-state index is 0.323. The highest BCUT2D eigenvalue weighted by molar-refractivity contribution is 9.11. The van der Waals surface area contributed by atoms with Gasteiger partial charge in [0.2, 0.25) is 0 Å². The van der Waals surface area contributed by atoms with Gasteiger partial charge in [0.25, 0.3) is 0 Å². The molecule has 0 amide bonds. The largest absolute Gasteiger partial charge is 0.489 e. The third kappa shape index (κ3) is 1.59. The molecule has 0 spiro atoms. The average Bonchev–Trinajstić information content (AvgIpc) is 2.47. The molecule has 0 unspecified atom stereocenters. The van der Waals surface area contributed by atoms with Crippen LogP contribution in [0.2, 0.25) is 0 Å². The van der Waals surface area contributed by atoms with Crippen molar-refractivity contribution >= 4 is 49.9 Å². The molecule has 2 N–H and O–H groups in total. The molecule has 1 heterocycles. The molecule has 0 saturated carbocycles. The lowest BCUT2D eigenvalue weighted by Gasteiger charge is -2.01. The Balaban J connectivity index is 2.81. The smallest absolute Gasteiger partial charge is 0.423 e. The standard InChI is InChI=1S/C8H5BBrFO2S/c10-7-3-4-5(9(12)13)1-2-6(11)8(4)14-7/h1-3,12-13H. The zero-order chi connectivity index (χ0) is 10.3. The van der Waals surface area contributed by atoms with Gasteiger partial charge in [0.15, 0.2) is 0 Å². The molecule has 0 aliphatic rings. The Morgan fingerprint density at radius 2 is 2.07 bits per heavy atom. The monoisotopic (exact) mass is 274 g/mol. The van der Waals surface area contributed by atoms with E-state index in [2.05, 4.69) is 15.9 Å². The van der Waals surface area contributed by atoms with E-state index in [0.717, 1.165) is 3.79 Å². The Bertz CT molecular complexity index is 485. The topological polar surface area (TPSA) is 40.5 Å². The highest BCUT2D eigenvalue weighted by Crippen LogP contribution is 2.30. The second kappa shape index (κ2) is 3.62. The third-order valence-electron chi connectivity index (χ3n) is 1.92. The first-order valence-electron chi connectivity index (χ1n) is 3.83. The molecule has 0 aliphatic carbocycles. The highest BCUT2D eigenvalue weighted by atomic mass is 79.9. The Hall–Kier alpha value is -0.425. The number of benzene rings is 1. The van der Waals surface area contributed by atoms with Crippen LogP contribution in [0.25, 0.3) is 10.1 Å². The van der Waals surface area contributed by atoms with Crippen LogP contribution in [0.3, 0.4) is 0 Å². The SMILES string of the molecule is OB(O)c1ccc(F)c2sc(Br)cc12. The molecule has 14 heavy (non-hydrogen) atoms. The van der Waals surface area contributed by atoms with Crippen molar-refractivity contribution in [3.05, 3.63) is 27.8 Å². The summed E-state index contributed by atoms with van der Waals surface area (Å²) in [7, 11) is -1.57. The molecule has 1 aromatic carbocycles. The fourth-order valence-electron chi connectivity index (χ4n) is 1.31. The van der Waals surface area contributed by atoms with E-state index in [-0.39, 0.29) is 5.82 Å². The predicted molar refractivity (Wildman–Crippen MR) is 59.3 cm³/mol. The number of halogens is 2. The van der Waals surface area contributed by atoms with Crippen LogP contribution in [0.4, 0.5) is 4.39 Å². The molecule has 2 aromatic rings. The van der Waals surface area contributed by atoms with Crippen LogP contribution in [0.15, 0.2) is 22.0 Å². The molecule has 2 nitrogen and oxygen atoms in total. The Morgan fingerprint density at radius 3 is 2.71 bits per heavy atom. The van der Waals surface area contributed by atoms with Crippen LogP contribution < -0.4 is 5.46 Å². The summed E-state index contributed by atoms with van der Waals surface area (Å²) in [4.78, 5) is 0. The summed E-state index contributed by atoms with van der Waals surface area (Å²) in [5, 5.41) is 18.6. The van der Waals surface area contributed by atoms with Crippen molar-refractivity contribution in [1.29, 1.82) is 0 Å². The summed E-state index contributed by atoms with van der Waals surface area (Å²) in [6.45, 7) is 0. The van der Waals surface area contributed by atoms with Crippen molar-refractivity contribution in [2.75, 3.05) is 0 Å². The van der Waals surface area contributed by atoms with Crippen LogP contribution in [-0.4, -0.2) is 17.2 Å². The van der Waals surface area contributed by atoms with Gasteiger partial charge in [-0.3, -0.25) is 0 Å². The summed E-state index contributed by atoms with van der Waals surface area (Å²) in [5.74, 6) is -0.347. The number of thiophene rings is 1. The maximum atomic E-state index is 13.3. The van der Waals surface area contributed by atoms with Crippen LogP contribution in [-0.2, 0) is 0 Å². The molecule has 6 heteroatoms.